The molecule has 0 aliphatic rings. The number of carbonyl (C=O) groups is 1. The third-order valence-corrected chi connectivity index (χ3v) is 4.23. The summed E-state index contributed by atoms with van der Waals surface area (Å²) in [4.78, 5) is 15.7. The number of carbonyl (C=O) groups excluding carboxylic acids is 1. The maximum absolute atomic E-state index is 13.8. The Balaban J connectivity index is 2.03. The van der Waals surface area contributed by atoms with E-state index in [1.54, 1.807) is 12.1 Å². The van der Waals surface area contributed by atoms with Gasteiger partial charge >= 0.3 is 12.3 Å². The van der Waals surface area contributed by atoms with Gasteiger partial charge in [-0.2, -0.15) is 4.39 Å². The lowest BCUT2D eigenvalue weighted by atomic mass is 9.95. The number of pyridine rings is 1. The molecule has 0 saturated carbocycles. The van der Waals surface area contributed by atoms with Crippen LogP contribution in [-0.2, 0) is 4.79 Å². The van der Waals surface area contributed by atoms with Crippen molar-refractivity contribution in [1.82, 2.24) is 10.5 Å². The molecule has 1 amide bonds. The molecule has 0 aliphatic heterocycles. The molecule has 144 valence electrons. The summed E-state index contributed by atoms with van der Waals surface area (Å²) < 4.78 is 24.0. The number of aryl methyl sites for hydroxylation is 1. The van der Waals surface area contributed by atoms with E-state index in [9.17, 15) is 9.18 Å². The van der Waals surface area contributed by atoms with Crippen LogP contribution < -0.4 is 15.0 Å². The van der Waals surface area contributed by atoms with Crippen molar-refractivity contribution in [3.05, 3.63) is 71.9 Å². The third kappa shape index (κ3) is 3.79. The molecule has 0 spiro atoms. The summed E-state index contributed by atoms with van der Waals surface area (Å²) in [7, 11) is 1.40. The average Bonchev–Trinajstić information content (AvgIpc) is 2.71. The van der Waals surface area contributed by atoms with E-state index >= 15 is 0 Å². The Morgan fingerprint density at radius 3 is 2.68 bits per heavy atom. The summed E-state index contributed by atoms with van der Waals surface area (Å²) in [6.45, 7) is 6.07. The molecule has 0 saturated heterocycles. The van der Waals surface area contributed by atoms with Crippen LogP contribution in [0.3, 0.4) is 0 Å². The number of alkyl halides is 1. The van der Waals surface area contributed by atoms with E-state index in [4.69, 9.17) is 14.7 Å². The largest absolute Gasteiger partial charge is 0.493 e. The minimum absolute atomic E-state index is 0.00679. The van der Waals surface area contributed by atoms with Crippen molar-refractivity contribution in [3.63, 3.8) is 0 Å². The van der Waals surface area contributed by atoms with Gasteiger partial charge in [0.1, 0.15) is 0 Å². The van der Waals surface area contributed by atoms with E-state index in [1.165, 1.54) is 18.7 Å². The summed E-state index contributed by atoms with van der Waals surface area (Å²) in [6.07, 6.45) is -2.40. The number of methoxy groups -OCH3 is 1. The minimum atomic E-state index is -2.40. The molecule has 6 nitrogen and oxygen atoms in total. The summed E-state index contributed by atoms with van der Waals surface area (Å²) in [6, 6.07) is 14.5. The molecule has 0 bridgehead atoms. The van der Waals surface area contributed by atoms with Crippen molar-refractivity contribution in [2.75, 3.05) is 7.11 Å². The predicted octanol–water partition coefficient (Wildman–Crippen LogP) is 3.79. The van der Waals surface area contributed by atoms with Gasteiger partial charge in [-0.3, -0.25) is 15.0 Å². The Kier molecular flexibility index (Phi) is 5.56. The fourth-order valence-electron chi connectivity index (χ4n) is 2.89. The summed E-state index contributed by atoms with van der Waals surface area (Å²) >= 11 is 0. The highest BCUT2D eigenvalue weighted by Crippen LogP contribution is 2.35. The summed E-state index contributed by atoms with van der Waals surface area (Å²) in [5, 5.41) is 9.49. The maximum Gasteiger partial charge on any atom is 0.319 e. The number of para-hydroxylation sites is 1. The number of amides is 1. The highest BCUT2D eigenvalue weighted by Gasteiger charge is 2.21. The molecule has 3 aromatic rings. The molecule has 2 aromatic carbocycles. The van der Waals surface area contributed by atoms with Crippen LogP contribution in [0.5, 0.6) is 11.5 Å². The normalized spacial score (nSPS) is 11.7. The number of nitrogens with one attached hydrogen (secondary N) is 1. The van der Waals surface area contributed by atoms with Crippen molar-refractivity contribution in [2.45, 2.75) is 13.3 Å². The van der Waals surface area contributed by atoms with Gasteiger partial charge in [-0.05, 0) is 47.9 Å². The lowest BCUT2D eigenvalue weighted by molar-refractivity contribution is -0.144. The van der Waals surface area contributed by atoms with Gasteiger partial charge in [0.05, 0.1) is 12.6 Å². The monoisotopic (exact) mass is 382 g/mol. The second-order valence-electron chi connectivity index (χ2n) is 6.08. The quantitative estimate of drug-likeness (QED) is 0.501. The number of hydrogen-bond donors (Lipinski definition) is 2. The Labute approximate surface area is 161 Å². The number of hydrogen-bond acceptors (Lipinski definition) is 5. The SMILES string of the molecule is C=C(c1ccc(OC)c(OC(F)C(=O)NO)c1)c1cc(C)nc2ccccc12. The first-order valence-corrected chi connectivity index (χ1v) is 8.43. The zero-order valence-electron chi connectivity index (χ0n) is 15.4. The molecular weight excluding hydrogens is 363 g/mol. The molecule has 28 heavy (non-hydrogen) atoms. The van der Waals surface area contributed by atoms with Crippen LogP contribution in [0.2, 0.25) is 0 Å². The van der Waals surface area contributed by atoms with Gasteiger partial charge < -0.3 is 9.47 Å². The highest BCUT2D eigenvalue weighted by atomic mass is 19.1. The topological polar surface area (TPSA) is 80.7 Å². The van der Waals surface area contributed by atoms with Gasteiger partial charge in [0, 0.05) is 11.1 Å². The number of halogens is 1. The molecule has 2 N–H and O–H groups in total. The second-order valence-corrected chi connectivity index (χ2v) is 6.08. The molecule has 3 rings (SSSR count). The van der Waals surface area contributed by atoms with Gasteiger partial charge in [0.25, 0.3) is 0 Å². The van der Waals surface area contributed by atoms with Crippen LogP contribution >= 0.6 is 0 Å². The number of rotatable bonds is 6. The van der Waals surface area contributed by atoms with Gasteiger partial charge in [-0.25, -0.2) is 5.48 Å². The number of hydroxylamine groups is 1. The van der Waals surface area contributed by atoms with Gasteiger partial charge in [0.15, 0.2) is 11.5 Å². The zero-order chi connectivity index (χ0) is 20.3. The Bertz CT molecular complexity index is 1050. The molecule has 1 atom stereocenters. The molecule has 0 radical (unpaired) electrons. The second kappa shape index (κ2) is 8.06. The van der Waals surface area contributed by atoms with Crippen molar-refractivity contribution in [1.29, 1.82) is 0 Å². The van der Waals surface area contributed by atoms with E-state index in [2.05, 4.69) is 11.6 Å². The number of aromatic nitrogens is 1. The highest BCUT2D eigenvalue weighted by molar-refractivity contribution is 5.95. The zero-order valence-corrected chi connectivity index (χ0v) is 15.4. The van der Waals surface area contributed by atoms with E-state index in [-0.39, 0.29) is 11.5 Å². The first kappa shape index (κ1) is 19.3. The molecule has 0 fully saturated rings. The first-order valence-electron chi connectivity index (χ1n) is 8.43. The van der Waals surface area contributed by atoms with Crippen LogP contribution in [0.1, 0.15) is 16.8 Å². The Hall–Kier alpha value is -3.45. The molecule has 1 heterocycles. The van der Waals surface area contributed by atoms with Crippen LogP contribution in [0, 0.1) is 6.92 Å². The average molecular weight is 382 g/mol. The van der Waals surface area contributed by atoms with Gasteiger partial charge in [-0.15, -0.1) is 0 Å². The minimum Gasteiger partial charge on any atom is -0.493 e. The Morgan fingerprint density at radius 2 is 1.96 bits per heavy atom. The summed E-state index contributed by atoms with van der Waals surface area (Å²) in [5.74, 6) is -1.07. The predicted molar refractivity (Wildman–Crippen MR) is 103 cm³/mol. The van der Waals surface area contributed by atoms with E-state index < -0.39 is 12.3 Å². The lowest BCUT2D eigenvalue weighted by Crippen LogP contribution is -2.33. The molecule has 7 heteroatoms. The van der Waals surface area contributed by atoms with Crippen molar-refractivity contribution < 1.29 is 23.9 Å². The fourth-order valence-corrected chi connectivity index (χ4v) is 2.89. The van der Waals surface area contributed by atoms with Crippen LogP contribution in [-0.4, -0.2) is 29.6 Å². The number of ether oxygens (including phenoxy) is 2. The third-order valence-electron chi connectivity index (χ3n) is 4.23. The number of benzene rings is 2. The maximum atomic E-state index is 13.8. The Morgan fingerprint density at radius 1 is 1.21 bits per heavy atom. The molecule has 1 aromatic heterocycles. The lowest BCUT2D eigenvalue weighted by Gasteiger charge is -2.16. The molecule has 0 aliphatic carbocycles. The van der Waals surface area contributed by atoms with Crippen molar-refractivity contribution in [2.24, 2.45) is 0 Å². The number of nitrogens with zero attached hydrogens (tertiary/aromatic N) is 1. The summed E-state index contributed by atoms with van der Waals surface area (Å²) in [5.41, 5.74) is 5.10. The van der Waals surface area contributed by atoms with Gasteiger partial charge in [0.2, 0.25) is 0 Å². The van der Waals surface area contributed by atoms with Crippen LogP contribution in [0.15, 0.2) is 55.1 Å². The molecular formula is C21H19FN2O4. The van der Waals surface area contributed by atoms with E-state index in [1.807, 2.05) is 37.3 Å². The first-order chi connectivity index (χ1) is 13.4. The van der Waals surface area contributed by atoms with Crippen molar-refractivity contribution >= 4 is 22.4 Å². The van der Waals surface area contributed by atoms with Crippen LogP contribution in [0.4, 0.5) is 4.39 Å². The van der Waals surface area contributed by atoms with Gasteiger partial charge in [-0.1, -0.05) is 30.8 Å². The fraction of sp³-hybridized carbons (Fsp3) is 0.143. The smallest absolute Gasteiger partial charge is 0.319 e. The molecule has 1 unspecified atom stereocenters. The van der Waals surface area contributed by atoms with E-state index in [0.717, 1.165) is 22.2 Å². The number of fused-ring (bicyclic) bond motifs is 1. The van der Waals surface area contributed by atoms with E-state index in [0.29, 0.717) is 11.1 Å². The van der Waals surface area contributed by atoms with Crippen molar-refractivity contribution in [3.8, 4) is 11.5 Å². The standard InChI is InChI=1S/C21H19FN2O4/c1-12-10-16(15-6-4-5-7-17(15)23-12)13(2)14-8-9-18(27-3)19(11-14)28-20(22)21(25)24-26/h4-11,20,26H,2H2,1,3H3,(H,24,25). The van der Waals surface area contributed by atoms with Crippen LogP contribution in [0.25, 0.3) is 16.5 Å².